The van der Waals surface area contributed by atoms with Crippen LogP contribution in [0.25, 0.3) is 0 Å². The fraction of sp³-hybridized carbons (Fsp3) is 0.391. The van der Waals surface area contributed by atoms with E-state index in [1.165, 1.54) is 22.5 Å². The summed E-state index contributed by atoms with van der Waals surface area (Å²) < 4.78 is 38.3. The summed E-state index contributed by atoms with van der Waals surface area (Å²) in [7, 11) is -3.78. The van der Waals surface area contributed by atoms with Crippen molar-refractivity contribution in [1.29, 1.82) is 0 Å². The van der Waals surface area contributed by atoms with Crippen molar-refractivity contribution in [3.05, 3.63) is 53.1 Å². The smallest absolute Gasteiger partial charge is 0.409 e. The van der Waals surface area contributed by atoms with Gasteiger partial charge in [0.1, 0.15) is 5.75 Å². The van der Waals surface area contributed by atoms with Gasteiger partial charge in [-0.25, -0.2) is 13.2 Å². The summed E-state index contributed by atoms with van der Waals surface area (Å²) >= 11 is 6.30. The maximum atomic E-state index is 13.2. The molecule has 2 aromatic carbocycles. The average molecular weight is 508 g/mol. The van der Waals surface area contributed by atoms with Crippen LogP contribution in [0, 0.1) is 0 Å². The van der Waals surface area contributed by atoms with Crippen LogP contribution in [-0.4, -0.2) is 76.2 Å². The molecule has 2 heterocycles. The normalized spacial score (nSPS) is 15.8. The molecule has 4 rings (SSSR count). The summed E-state index contributed by atoms with van der Waals surface area (Å²) in [6, 6.07) is 11.6. The maximum absolute atomic E-state index is 13.2. The van der Waals surface area contributed by atoms with Gasteiger partial charge in [0.05, 0.1) is 22.2 Å². The Labute approximate surface area is 203 Å². The Morgan fingerprint density at radius 3 is 2.41 bits per heavy atom. The molecule has 34 heavy (non-hydrogen) atoms. The summed E-state index contributed by atoms with van der Waals surface area (Å²) in [5.74, 6) is -0.0223. The number of amides is 2. The average Bonchev–Trinajstić information content (AvgIpc) is 3.28. The Hall–Kier alpha value is -2.98. The number of piperazine rings is 1. The largest absolute Gasteiger partial charge is 0.482 e. The number of hydrogen-bond acceptors (Lipinski definition) is 6. The van der Waals surface area contributed by atoms with Gasteiger partial charge in [0.15, 0.2) is 6.61 Å². The molecule has 0 spiro atoms. The summed E-state index contributed by atoms with van der Waals surface area (Å²) in [5, 5.41) is 0.105. The van der Waals surface area contributed by atoms with Crippen LogP contribution in [-0.2, 0) is 26.0 Å². The fourth-order valence-electron chi connectivity index (χ4n) is 4.03. The number of hydrogen-bond donors (Lipinski definition) is 0. The monoisotopic (exact) mass is 507 g/mol. The molecule has 11 heteroatoms. The number of rotatable bonds is 6. The predicted molar refractivity (Wildman–Crippen MR) is 127 cm³/mol. The molecule has 0 saturated carbocycles. The minimum absolute atomic E-state index is 0.0583. The molecule has 1 fully saturated rings. The highest BCUT2D eigenvalue weighted by Crippen LogP contribution is 2.35. The van der Waals surface area contributed by atoms with E-state index in [2.05, 4.69) is 0 Å². The van der Waals surface area contributed by atoms with Crippen molar-refractivity contribution >= 4 is 39.3 Å². The van der Waals surface area contributed by atoms with Crippen molar-refractivity contribution in [2.45, 2.75) is 18.2 Å². The molecule has 0 aliphatic carbocycles. The molecule has 2 amide bonds. The molecular formula is C23H26ClN3O6S. The standard InChI is InChI=1S/C23H26ClN3O6S/c1-2-32-23(29)26-13-11-25(12-14-26)22(28)16-33-21-8-7-18(15-19(21)24)34(30,31)27-10-9-17-5-3-4-6-20(17)27/h3-8,15H,2,9-14,16H2,1H3. The number of benzene rings is 2. The highest BCUT2D eigenvalue weighted by Gasteiger charge is 2.31. The third kappa shape index (κ3) is 4.92. The van der Waals surface area contributed by atoms with Gasteiger partial charge in [-0.1, -0.05) is 29.8 Å². The summed E-state index contributed by atoms with van der Waals surface area (Å²) in [4.78, 5) is 27.5. The van der Waals surface area contributed by atoms with Gasteiger partial charge >= 0.3 is 6.09 Å². The van der Waals surface area contributed by atoms with Crippen LogP contribution in [0.4, 0.5) is 10.5 Å². The number of nitrogens with zero attached hydrogens (tertiary/aromatic N) is 3. The van der Waals surface area contributed by atoms with Crippen LogP contribution in [0.3, 0.4) is 0 Å². The van der Waals surface area contributed by atoms with Gasteiger partial charge in [-0.2, -0.15) is 0 Å². The van der Waals surface area contributed by atoms with Crippen molar-refractivity contribution in [3.63, 3.8) is 0 Å². The summed E-state index contributed by atoms with van der Waals surface area (Å²) in [5.41, 5.74) is 1.66. The fourth-order valence-corrected chi connectivity index (χ4v) is 5.86. The number of carbonyl (C=O) groups is 2. The topological polar surface area (TPSA) is 96.5 Å². The molecule has 0 N–H and O–H groups in total. The van der Waals surface area contributed by atoms with E-state index in [0.29, 0.717) is 51.4 Å². The number of carbonyl (C=O) groups excluding carboxylic acids is 2. The molecule has 2 aliphatic heterocycles. The molecule has 1 saturated heterocycles. The van der Waals surface area contributed by atoms with Crippen molar-refractivity contribution in [3.8, 4) is 5.75 Å². The quantitative estimate of drug-likeness (QED) is 0.596. The van der Waals surface area contributed by atoms with Gasteiger partial charge in [0.25, 0.3) is 15.9 Å². The SMILES string of the molecule is CCOC(=O)N1CCN(C(=O)COc2ccc(S(=O)(=O)N3CCc4ccccc43)cc2Cl)CC1. The first-order chi connectivity index (χ1) is 16.3. The summed E-state index contributed by atoms with van der Waals surface area (Å²) in [6.07, 6.45) is 0.269. The van der Waals surface area contributed by atoms with Crippen molar-refractivity contribution in [2.24, 2.45) is 0 Å². The Morgan fingerprint density at radius 1 is 1.00 bits per heavy atom. The van der Waals surface area contributed by atoms with E-state index >= 15 is 0 Å². The number of para-hydroxylation sites is 1. The number of anilines is 1. The van der Waals surface area contributed by atoms with Gasteiger partial charge < -0.3 is 19.3 Å². The van der Waals surface area contributed by atoms with Crippen LogP contribution in [0.1, 0.15) is 12.5 Å². The van der Waals surface area contributed by atoms with Gasteiger partial charge in [0.2, 0.25) is 0 Å². The zero-order valence-electron chi connectivity index (χ0n) is 18.8. The van der Waals surface area contributed by atoms with Gasteiger partial charge in [-0.05, 0) is 43.2 Å². The predicted octanol–water partition coefficient (Wildman–Crippen LogP) is 2.77. The van der Waals surface area contributed by atoms with Crippen molar-refractivity contribution in [1.82, 2.24) is 9.80 Å². The van der Waals surface area contributed by atoms with Crippen LogP contribution in [0.2, 0.25) is 5.02 Å². The molecule has 0 atom stereocenters. The van der Waals surface area contributed by atoms with Crippen LogP contribution < -0.4 is 9.04 Å². The van der Waals surface area contributed by atoms with Gasteiger partial charge in [-0.15, -0.1) is 0 Å². The van der Waals surface area contributed by atoms with E-state index in [1.807, 2.05) is 18.2 Å². The van der Waals surface area contributed by atoms with E-state index in [9.17, 15) is 18.0 Å². The van der Waals surface area contributed by atoms with E-state index in [1.54, 1.807) is 22.8 Å². The second kappa shape index (κ2) is 10.1. The second-order valence-corrected chi connectivity index (χ2v) is 10.2. The van der Waals surface area contributed by atoms with Crippen LogP contribution >= 0.6 is 11.6 Å². The highest BCUT2D eigenvalue weighted by molar-refractivity contribution is 7.92. The van der Waals surface area contributed by atoms with Gasteiger partial charge in [-0.3, -0.25) is 9.10 Å². The molecule has 0 radical (unpaired) electrons. The molecule has 2 aromatic rings. The molecular weight excluding hydrogens is 482 g/mol. The Bertz CT molecular complexity index is 1180. The molecule has 0 aromatic heterocycles. The third-order valence-corrected chi connectivity index (χ3v) is 7.95. The first kappa shape index (κ1) is 24.2. The van der Waals surface area contributed by atoms with Crippen LogP contribution in [0.15, 0.2) is 47.4 Å². The molecule has 0 unspecified atom stereocenters. The number of fused-ring (bicyclic) bond motifs is 1. The zero-order chi connectivity index (χ0) is 24.3. The molecule has 182 valence electrons. The lowest BCUT2D eigenvalue weighted by Crippen LogP contribution is -2.51. The number of sulfonamides is 1. The molecule has 2 aliphatic rings. The van der Waals surface area contributed by atoms with E-state index in [4.69, 9.17) is 21.1 Å². The number of ether oxygens (including phenoxy) is 2. The summed E-state index contributed by atoms with van der Waals surface area (Å²) in [6.45, 7) is 3.70. The van der Waals surface area contributed by atoms with E-state index < -0.39 is 10.0 Å². The Morgan fingerprint density at radius 2 is 1.71 bits per heavy atom. The van der Waals surface area contributed by atoms with Crippen molar-refractivity contribution < 1.29 is 27.5 Å². The zero-order valence-corrected chi connectivity index (χ0v) is 20.3. The minimum atomic E-state index is -3.78. The second-order valence-electron chi connectivity index (χ2n) is 7.90. The number of halogens is 1. The highest BCUT2D eigenvalue weighted by atomic mass is 35.5. The lowest BCUT2D eigenvalue weighted by Gasteiger charge is -2.34. The van der Waals surface area contributed by atoms with E-state index in [-0.39, 0.29) is 34.3 Å². The Kier molecular flexibility index (Phi) is 7.18. The minimum Gasteiger partial charge on any atom is -0.482 e. The van der Waals surface area contributed by atoms with Crippen molar-refractivity contribution in [2.75, 3.05) is 50.2 Å². The lowest BCUT2D eigenvalue weighted by atomic mass is 10.2. The third-order valence-electron chi connectivity index (χ3n) is 5.85. The Balaban J connectivity index is 1.36. The molecule has 9 nitrogen and oxygen atoms in total. The lowest BCUT2D eigenvalue weighted by molar-refractivity contribution is -0.134. The molecule has 0 bridgehead atoms. The van der Waals surface area contributed by atoms with E-state index in [0.717, 1.165) is 5.56 Å². The maximum Gasteiger partial charge on any atom is 0.409 e. The van der Waals surface area contributed by atoms with Crippen LogP contribution in [0.5, 0.6) is 5.75 Å². The first-order valence-electron chi connectivity index (χ1n) is 11.0. The first-order valence-corrected chi connectivity index (χ1v) is 12.9. The van der Waals surface area contributed by atoms with Gasteiger partial charge in [0, 0.05) is 32.7 Å².